The zero-order valence-corrected chi connectivity index (χ0v) is 9.70. The summed E-state index contributed by atoms with van der Waals surface area (Å²) in [7, 11) is 1.58. The van der Waals surface area contributed by atoms with Gasteiger partial charge >= 0.3 is 5.97 Å². The molecular weight excluding hydrogens is 236 g/mol. The van der Waals surface area contributed by atoms with Crippen LogP contribution in [-0.4, -0.2) is 33.1 Å². The molecule has 0 saturated carbocycles. The zero-order chi connectivity index (χ0) is 13.1. The van der Waals surface area contributed by atoms with Gasteiger partial charge in [0.15, 0.2) is 0 Å². The van der Waals surface area contributed by atoms with Crippen LogP contribution in [0.3, 0.4) is 0 Å². The van der Waals surface area contributed by atoms with Crippen LogP contribution in [-0.2, 0) is 6.54 Å². The van der Waals surface area contributed by atoms with E-state index in [-0.39, 0.29) is 11.4 Å². The highest BCUT2D eigenvalue weighted by Gasteiger charge is 2.15. The Morgan fingerprint density at radius 1 is 1.39 bits per heavy atom. The molecule has 2 N–H and O–H groups in total. The average molecular weight is 248 g/mol. The normalized spacial score (nSPS) is 10.3. The van der Waals surface area contributed by atoms with E-state index >= 15 is 0 Å². The van der Waals surface area contributed by atoms with E-state index in [1.807, 2.05) is 12.1 Å². The number of hydrogen-bond donors (Lipinski definition) is 2. The van der Waals surface area contributed by atoms with E-state index < -0.39 is 5.97 Å². The number of nitrogens with zero attached hydrogens (tertiary/aromatic N) is 2. The van der Waals surface area contributed by atoms with Gasteiger partial charge in [-0.3, -0.25) is 0 Å². The summed E-state index contributed by atoms with van der Waals surface area (Å²) in [5, 5.41) is 22.3. The van der Waals surface area contributed by atoms with Gasteiger partial charge in [-0.1, -0.05) is 12.1 Å². The highest BCUT2D eigenvalue weighted by Crippen LogP contribution is 2.18. The fourth-order valence-electron chi connectivity index (χ4n) is 1.55. The van der Waals surface area contributed by atoms with Gasteiger partial charge in [0, 0.05) is 0 Å². The van der Waals surface area contributed by atoms with Crippen molar-refractivity contribution in [2.75, 3.05) is 7.11 Å². The molecule has 0 aliphatic heterocycles. The molecule has 0 radical (unpaired) electrons. The van der Waals surface area contributed by atoms with E-state index in [0.29, 0.717) is 6.54 Å². The average Bonchev–Trinajstić information content (AvgIpc) is 2.72. The summed E-state index contributed by atoms with van der Waals surface area (Å²) >= 11 is 0. The van der Waals surface area contributed by atoms with Crippen molar-refractivity contribution in [2.45, 2.75) is 6.54 Å². The molecule has 0 amide bonds. The van der Waals surface area contributed by atoms with Crippen LogP contribution in [0.25, 0.3) is 0 Å². The maximum atomic E-state index is 10.7. The molecule has 0 saturated heterocycles. The number of carbonyl (C=O) groups is 1. The van der Waals surface area contributed by atoms with Crippen molar-refractivity contribution in [1.82, 2.24) is 9.78 Å². The summed E-state index contributed by atoms with van der Waals surface area (Å²) in [5.41, 5.74) is 0.676. The third-order valence-electron chi connectivity index (χ3n) is 2.53. The highest BCUT2D eigenvalue weighted by molar-refractivity contribution is 5.89. The van der Waals surface area contributed by atoms with Crippen molar-refractivity contribution in [3.63, 3.8) is 0 Å². The molecule has 1 aromatic carbocycles. The first-order chi connectivity index (χ1) is 8.61. The van der Waals surface area contributed by atoms with E-state index in [4.69, 9.17) is 9.84 Å². The van der Waals surface area contributed by atoms with Gasteiger partial charge in [-0.25, -0.2) is 9.48 Å². The first-order valence-corrected chi connectivity index (χ1v) is 5.23. The van der Waals surface area contributed by atoms with Gasteiger partial charge in [0.25, 0.3) is 0 Å². The molecule has 94 valence electrons. The largest absolute Gasteiger partial charge is 0.497 e. The van der Waals surface area contributed by atoms with Crippen molar-refractivity contribution in [2.24, 2.45) is 0 Å². The van der Waals surface area contributed by atoms with Crippen molar-refractivity contribution >= 4 is 5.97 Å². The van der Waals surface area contributed by atoms with Gasteiger partial charge in [0.2, 0.25) is 5.88 Å². The predicted octanol–water partition coefficient (Wildman–Crippen LogP) is 1.34. The lowest BCUT2D eigenvalue weighted by Crippen LogP contribution is -2.02. The maximum Gasteiger partial charge on any atom is 0.342 e. The van der Waals surface area contributed by atoms with Gasteiger partial charge in [-0.05, 0) is 17.7 Å². The van der Waals surface area contributed by atoms with Gasteiger partial charge in [-0.15, -0.1) is 0 Å². The number of methoxy groups -OCH3 is 1. The van der Waals surface area contributed by atoms with E-state index in [1.54, 1.807) is 19.2 Å². The lowest BCUT2D eigenvalue weighted by atomic mass is 10.2. The maximum absolute atomic E-state index is 10.7. The molecule has 0 unspecified atom stereocenters. The SMILES string of the molecule is COc1ccc(Cn2ncc(C(=O)O)c2O)cc1. The number of aromatic hydroxyl groups is 1. The summed E-state index contributed by atoms with van der Waals surface area (Å²) in [6.45, 7) is 0.295. The fourth-order valence-corrected chi connectivity index (χ4v) is 1.55. The van der Waals surface area contributed by atoms with E-state index in [0.717, 1.165) is 17.5 Å². The highest BCUT2D eigenvalue weighted by atomic mass is 16.5. The Kier molecular flexibility index (Phi) is 3.18. The number of aromatic carboxylic acids is 1. The number of rotatable bonds is 4. The van der Waals surface area contributed by atoms with Crippen molar-refractivity contribution < 1.29 is 19.7 Å². The summed E-state index contributed by atoms with van der Waals surface area (Å²) < 4.78 is 6.26. The van der Waals surface area contributed by atoms with Crippen LogP contribution in [0.2, 0.25) is 0 Å². The molecule has 2 rings (SSSR count). The number of carboxylic acid groups (broad SMARTS) is 1. The Morgan fingerprint density at radius 3 is 2.56 bits per heavy atom. The Balaban J connectivity index is 2.20. The minimum absolute atomic E-state index is 0.205. The molecule has 2 aromatic rings. The van der Waals surface area contributed by atoms with Gasteiger partial charge < -0.3 is 14.9 Å². The molecule has 6 heteroatoms. The van der Waals surface area contributed by atoms with Gasteiger partial charge in [0.05, 0.1) is 19.9 Å². The van der Waals surface area contributed by atoms with Crippen molar-refractivity contribution in [3.05, 3.63) is 41.6 Å². The fraction of sp³-hybridized carbons (Fsp3) is 0.167. The third-order valence-corrected chi connectivity index (χ3v) is 2.53. The molecule has 0 bridgehead atoms. The summed E-state index contributed by atoms with van der Waals surface area (Å²) in [5.74, 6) is -0.818. The van der Waals surface area contributed by atoms with Gasteiger partial charge in [-0.2, -0.15) is 5.10 Å². The Bertz CT molecular complexity index is 560. The Hall–Kier alpha value is -2.50. The van der Waals surface area contributed by atoms with Crippen molar-refractivity contribution in [3.8, 4) is 11.6 Å². The van der Waals surface area contributed by atoms with Crippen molar-refractivity contribution in [1.29, 1.82) is 0 Å². The molecule has 6 nitrogen and oxygen atoms in total. The molecule has 0 fully saturated rings. The monoisotopic (exact) mass is 248 g/mol. The quantitative estimate of drug-likeness (QED) is 0.853. The molecule has 0 aliphatic rings. The van der Waals surface area contributed by atoms with Crippen LogP contribution in [0.15, 0.2) is 30.5 Å². The molecule has 0 spiro atoms. The van der Waals surface area contributed by atoms with Crippen LogP contribution in [0.4, 0.5) is 0 Å². The molecule has 18 heavy (non-hydrogen) atoms. The van der Waals surface area contributed by atoms with Crippen LogP contribution >= 0.6 is 0 Å². The first-order valence-electron chi connectivity index (χ1n) is 5.23. The number of aromatic nitrogens is 2. The minimum Gasteiger partial charge on any atom is -0.497 e. The molecule has 1 aromatic heterocycles. The third kappa shape index (κ3) is 2.27. The second-order valence-electron chi connectivity index (χ2n) is 3.69. The standard InChI is InChI=1S/C12H12N2O4/c1-18-9-4-2-8(3-5-9)7-14-11(15)10(6-13-14)12(16)17/h2-6,15H,7H2,1H3,(H,16,17). The molecule has 0 atom stereocenters. The summed E-state index contributed by atoms with van der Waals surface area (Å²) in [4.78, 5) is 10.7. The number of carboxylic acids is 1. The van der Waals surface area contributed by atoms with Crippen LogP contribution in [0.1, 0.15) is 15.9 Å². The number of ether oxygens (including phenoxy) is 1. The Morgan fingerprint density at radius 2 is 2.06 bits per heavy atom. The number of benzene rings is 1. The first kappa shape index (κ1) is 12.0. The molecular formula is C12H12N2O4. The predicted molar refractivity (Wildman–Crippen MR) is 62.9 cm³/mol. The smallest absolute Gasteiger partial charge is 0.342 e. The van der Waals surface area contributed by atoms with Crippen LogP contribution in [0.5, 0.6) is 11.6 Å². The number of hydrogen-bond acceptors (Lipinski definition) is 4. The van der Waals surface area contributed by atoms with Crippen LogP contribution < -0.4 is 4.74 Å². The summed E-state index contributed by atoms with van der Waals surface area (Å²) in [6.07, 6.45) is 1.13. The Labute approximate surface area is 103 Å². The zero-order valence-electron chi connectivity index (χ0n) is 9.70. The minimum atomic E-state index is -1.20. The second-order valence-corrected chi connectivity index (χ2v) is 3.69. The van der Waals surface area contributed by atoms with Crippen LogP contribution in [0, 0.1) is 0 Å². The molecule has 0 aliphatic carbocycles. The topological polar surface area (TPSA) is 84.6 Å². The van der Waals surface area contributed by atoms with E-state index in [2.05, 4.69) is 5.10 Å². The summed E-state index contributed by atoms with van der Waals surface area (Å²) in [6, 6.07) is 7.21. The lowest BCUT2D eigenvalue weighted by Gasteiger charge is -2.05. The van der Waals surface area contributed by atoms with Gasteiger partial charge in [0.1, 0.15) is 11.3 Å². The molecule has 1 heterocycles. The second kappa shape index (κ2) is 4.79. The van der Waals surface area contributed by atoms with E-state index in [1.165, 1.54) is 4.68 Å². The van der Waals surface area contributed by atoms with E-state index in [9.17, 15) is 9.90 Å². The lowest BCUT2D eigenvalue weighted by molar-refractivity contribution is 0.0693.